The van der Waals surface area contributed by atoms with Crippen molar-refractivity contribution in [1.29, 1.82) is 0 Å². The van der Waals surface area contributed by atoms with Crippen LogP contribution in [0.15, 0.2) is 101 Å². The Balaban J connectivity index is 2.28. The summed E-state index contributed by atoms with van der Waals surface area (Å²) in [5, 5.41) is 3.69. The zero-order chi connectivity index (χ0) is 21.3. The van der Waals surface area contributed by atoms with Crippen molar-refractivity contribution in [2.75, 3.05) is 14.2 Å². The van der Waals surface area contributed by atoms with E-state index in [0.717, 1.165) is 15.6 Å². The molecule has 0 heterocycles. The van der Waals surface area contributed by atoms with Crippen LogP contribution >= 0.6 is 0 Å². The van der Waals surface area contributed by atoms with E-state index in [4.69, 9.17) is 9.47 Å². The molecule has 0 aromatic heterocycles. The molecule has 3 rings (SSSR count). The maximum Gasteiger partial charge on any atom is 0.330 e. The smallest absolute Gasteiger partial charge is 0.330 e. The number of benzene rings is 3. The number of esters is 2. The average Bonchev–Trinajstić information content (AvgIpc) is 2.82. The third-order valence-electron chi connectivity index (χ3n) is 4.45. The van der Waals surface area contributed by atoms with Gasteiger partial charge in [-0.3, -0.25) is 0 Å². The van der Waals surface area contributed by atoms with E-state index in [9.17, 15) is 9.59 Å². The van der Waals surface area contributed by atoms with Gasteiger partial charge >= 0.3 is 11.9 Å². The maximum absolute atomic E-state index is 13.1. The van der Waals surface area contributed by atoms with Gasteiger partial charge in [-0.25, -0.2) is 9.59 Å². The second kappa shape index (κ2) is 10.5. The normalized spacial score (nSPS) is 11.6. The van der Waals surface area contributed by atoms with Crippen molar-refractivity contribution in [2.45, 2.75) is 0 Å². The van der Waals surface area contributed by atoms with Crippen LogP contribution in [-0.2, 0) is 19.1 Å². The fourth-order valence-corrected chi connectivity index (χ4v) is 7.34. The Hall–Kier alpha value is -3.23. The first-order chi connectivity index (χ1) is 14.7. The van der Waals surface area contributed by atoms with Crippen molar-refractivity contribution in [3.8, 4) is 0 Å². The highest BCUT2D eigenvalue weighted by atomic mass is 28.3. The highest BCUT2D eigenvalue weighted by molar-refractivity contribution is 6.95. The number of methoxy groups -OCH3 is 2. The van der Waals surface area contributed by atoms with Crippen molar-refractivity contribution in [2.24, 2.45) is 0 Å². The minimum Gasteiger partial charge on any atom is -0.466 e. The number of hydrogen-bond donors (Lipinski definition) is 0. The monoisotopic (exact) mass is 429 g/mol. The minimum atomic E-state index is -1.81. The quantitative estimate of drug-likeness (QED) is 0.324. The molecule has 4 nitrogen and oxygen atoms in total. The molecule has 3 aromatic rings. The van der Waals surface area contributed by atoms with Gasteiger partial charge in [-0.2, -0.15) is 0 Å². The van der Waals surface area contributed by atoms with E-state index in [-0.39, 0.29) is 9.52 Å². The molecule has 0 fully saturated rings. The van der Waals surface area contributed by atoms with Crippen molar-refractivity contribution in [3.63, 3.8) is 0 Å². The fraction of sp³-hybridized carbons (Fsp3) is 0.0833. The SMILES string of the molecule is COC(=O)/C([Si]c1ccccc1)=C(\C(=O)OC)[Si](c1ccccc1)c1ccccc1. The van der Waals surface area contributed by atoms with Gasteiger partial charge in [0.25, 0.3) is 0 Å². The van der Waals surface area contributed by atoms with E-state index >= 15 is 0 Å². The zero-order valence-electron chi connectivity index (χ0n) is 16.8. The molecule has 149 valence electrons. The van der Waals surface area contributed by atoms with Crippen LogP contribution in [0.2, 0.25) is 0 Å². The molecule has 3 radical (unpaired) electrons. The predicted molar refractivity (Wildman–Crippen MR) is 121 cm³/mol. The van der Waals surface area contributed by atoms with Crippen LogP contribution in [0.4, 0.5) is 0 Å². The second-order valence-electron chi connectivity index (χ2n) is 6.33. The van der Waals surface area contributed by atoms with Crippen molar-refractivity contribution >= 4 is 45.8 Å². The van der Waals surface area contributed by atoms with Gasteiger partial charge in [0.2, 0.25) is 0 Å². The summed E-state index contributed by atoms with van der Waals surface area (Å²) in [4.78, 5) is 26.0. The van der Waals surface area contributed by atoms with Gasteiger partial charge in [-0.05, 0) is 0 Å². The summed E-state index contributed by atoms with van der Waals surface area (Å²) >= 11 is 0. The third kappa shape index (κ3) is 5.03. The molecule has 0 spiro atoms. The summed E-state index contributed by atoms with van der Waals surface area (Å²) in [5.41, 5.74) is 0. The minimum absolute atomic E-state index is 0.0288. The Morgan fingerprint density at radius 2 is 1.10 bits per heavy atom. The lowest BCUT2D eigenvalue weighted by Gasteiger charge is -2.21. The van der Waals surface area contributed by atoms with Crippen LogP contribution < -0.4 is 15.6 Å². The number of rotatable bonds is 7. The Morgan fingerprint density at radius 1 is 0.667 bits per heavy atom. The van der Waals surface area contributed by atoms with Crippen LogP contribution in [0.3, 0.4) is 0 Å². The number of carbonyl (C=O) groups excluding carboxylic acids is 2. The summed E-state index contributed by atoms with van der Waals surface area (Å²) < 4.78 is 10.3. The van der Waals surface area contributed by atoms with E-state index in [2.05, 4.69) is 0 Å². The molecule has 0 aliphatic heterocycles. The molecule has 0 aliphatic rings. The number of ether oxygens (including phenoxy) is 2. The fourth-order valence-electron chi connectivity index (χ4n) is 3.08. The van der Waals surface area contributed by atoms with Gasteiger partial charge < -0.3 is 9.47 Å². The van der Waals surface area contributed by atoms with Crippen LogP contribution in [0.1, 0.15) is 0 Å². The van der Waals surface area contributed by atoms with Gasteiger partial charge in [-0.1, -0.05) is 107 Å². The van der Waals surface area contributed by atoms with Gasteiger partial charge in [0.1, 0.15) is 9.52 Å². The molecule has 0 unspecified atom stereocenters. The maximum atomic E-state index is 13.1. The van der Waals surface area contributed by atoms with E-state index in [1.165, 1.54) is 14.2 Å². The van der Waals surface area contributed by atoms with Crippen molar-refractivity contribution < 1.29 is 19.1 Å². The summed E-state index contributed by atoms with van der Waals surface area (Å²) in [6.07, 6.45) is 0. The first-order valence-corrected chi connectivity index (χ1v) is 11.9. The number of carbonyl (C=O) groups is 2. The van der Waals surface area contributed by atoms with E-state index < -0.39 is 20.7 Å². The first kappa shape index (κ1) is 21.5. The average molecular weight is 430 g/mol. The second-order valence-corrected chi connectivity index (χ2v) is 10.1. The molecule has 0 N–H and O–H groups in total. The first-order valence-electron chi connectivity index (χ1n) is 9.37. The summed E-state index contributed by atoms with van der Waals surface area (Å²) in [7, 11) is 0.844. The van der Waals surface area contributed by atoms with Gasteiger partial charge in [-0.15, -0.1) is 0 Å². The zero-order valence-corrected chi connectivity index (χ0v) is 18.8. The Labute approximate surface area is 180 Å². The van der Waals surface area contributed by atoms with Crippen LogP contribution in [-0.4, -0.2) is 44.5 Å². The Bertz CT molecular complexity index is 979. The largest absolute Gasteiger partial charge is 0.466 e. The van der Waals surface area contributed by atoms with Crippen LogP contribution in [0, 0.1) is 0 Å². The Morgan fingerprint density at radius 3 is 1.53 bits per heavy atom. The standard InChI is InChI=1S/C24H21O4Si2/c1-27-23(25)21(29-18-12-6-3-7-13-18)22(24(26)28-2)30(19-14-8-4-9-15-19)20-16-10-5-11-17-20/h3-17H,1-2H3/b22-21-. The van der Waals surface area contributed by atoms with Crippen molar-refractivity contribution in [1.82, 2.24) is 0 Å². The van der Waals surface area contributed by atoms with E-state index in [0.29, 0.717) is 10.4 Å². The lowest BCUT2D eigenvalue weighted by molar-refractivity contribution is -0.138. The molecular weight excluding hydrogens is 408 g/mol. The van der Waals surface area contributed by atoms with Gasteiger partial charge in [0, 0.05) is 10.4 Å². The topological polar surface area (TPSA) is 52.6 Å². The lowest BCUT2D eigenvalue weighted by atomic mass is 10.4. The summed E-state index contributed by atoms with van der Waals surface area (Å²) in [6, 6.07) is 29.2. The molecule has 0 amide bonds. The van der Waals surface area contributed by atoms with E-state index in [1.54, 1.807) is 0 Å². The summed E-state index contributed by atoms with van der Waals surface area (Å²) in [5.74, 6) is -1.01. The number of hydrogen-bond acceptors (Lipinski definition) is 4. The molecule has 0 saturated heterocycles. The van der Waals surface area contributed by atoms with Gasteiger partial charge in [0.15, 0.2) is 8.80 Å². The lowest BCUT2D eigenvalue weighted by Crippen LogP contribution is -2.48. The van der Waals surface area contributed by atoms with Crippen LogP contribution in [0.25, 0.3) is 0 Å². The van der Waals surface area contributed by atoms with Gasteiger partial charge in [0.05, 0.1) is 14.2 Å². The molecule has 6 heteroatoms. The molecule has 0 saturated carbocycles. The van der Waals surface area contributed by atoms with Crippen LogP contribution in [0.5, 0.6) is 0 Å². The molecule has 0 bridgehead atoms. The highest BCUT2D eigenvalue weighted by Crippen LogP contribution is 2.14. The molecular formula is C24H21O4Si2. The summed E-state index contributed by atoms with van der Waals surface area (Å²) in [6.45, 7) is 0. The Kier molecular flexibility index (Phi) is 7.53. The van der Waals surface area contributed by atoms with Crippen molar-refractivity contribution in [3.05, 3.63) is 101 Å². The highest BCUT2D eigenvalue weighted by Gasteiger charge is 2.33. The third-order valence-corrected chi connectivity index (χ3v) is 8.80. The molecule has 30 heavy (non-hydrogen) atoms. The van der Waals surface area contributed by atoms with E-state index in [1.807, 2.05) is 91.0 Å². The predicted octanol–water partition coefficient (Wildman–Crippen LogP) is 1.46. The molecule has 0 aliphatic carbocycles. The molecule has 3 aromatic carbocycles. The molecule has 0 atom stereocenters.